The molecule has 0 saturated heterocycles. The van der Waals surface area contributed by atoms with Crippen LogP contribution in [0.3, 0.4) is 0 Å². The number of pyridine rings is 1. The summed E-state index contributed by atoms with van der Waals surface area (Å²) in [6.45, 7) is 6.43. The zero-order chi connectivity index (χ0) is 31.3. The van der Waals surface area contributed by atoms with Crippen LogP contribution >= 0.6 is 0 Å². The van der Waals surface area contributed by atoms with E-state index in [0.717, 1.165) is 11.3 Å². The smallest absolute Gasteiger partial charge is 0.260 e. The summed E-state index contributed by atoms with van der Waals surface area (Å²) >= 11 is 0. The van der Waals surface area contributed by atoms with Gasteiger partial charge in [-0.25, -0.2) is 0 Å². The van der Waals surface area contributed by atoms with Crippen LogP contribution in [0.4, 0.5) is 11.4 Å². The average Bonchev–Trinajstić information content (AvgIpc) is 3.04. The normalized spacial score (nSPS) is 12.1. The summed E-state index contributed by atoms with van der Waals surface area (Å²) in [6.07, 6.45) is 0. The van der Waals surface area contributed by atoms with Crippen molar-refractivity contribution in [1.29, 1.82) is 0 Å². The van der Waals surface area contributed by atoms with Crippen LogP contribution in [0.15, 0.2) is 120 Å². The van der Waals surface area contributed by atoms with Gasteiger partial charge in [0.2, 0.25) is 0 Å². The first kappa shape index (κ1) is 28.0. The number of aromatic nitrogens is 1. The first-order valence-corrected chi connectivity index (χ1v) is 14.8. The van der Waals surface area contributed by atoms with Crippen molar-refractivity contribution >= 4 is 33.8 Å². The van der Waals surface area contributed by atoms with Crippen LogP contribution in [0.1, 0.15) is 58.2 Å². The van der Waals surface area contributed by atoms with Crippen molar-refractivity contribution in [2.24, 2.45) is 0 Å². The van der Waals surface area contributed by atoms with Crippen molar-refractivity contribution in [1.82, 2.24) is 4.98 Å². The maximum absolute atomic E-state index is 14.3. The molecule has 45 heavy (non-hydrogen) atoms. The number of benzene rings is 5. The van der Waals surface area contributed by atoms with Crippen LogP contribution in [0.25, 0.3) is 22.0 Å². The topological polar surface area (TPSA) is 88.3 Å². The highest BCUT2D eigenvalue weighted by Crippen LogP contribution is 2.47. The number of anilines is 2. The Bertz CT molecular complexity index is 2180. The van der Waals surface area contributed by atoms with Gasteiger partial charge in [-0.1, -0.05) is 106 Å². The van der Waals surface area contributed by atoms with Gasteiger partial charge in [-0.05, 0) is 40.8 Å². The molecule has 0 amide bonds. The van der Waals surface area contributed by atoms with Crippen molar-refractivity contribution in [2.45, 2.75) is 26.2 Å². The molecule has 0 saturated carbocycles. The zero-order valence-corrected chi connectivity index (χ0v) is 25.1. The van der Waals surface area contributed by atoms with E-state index in [1.807, 2.05) is 60.7 Å². The molecule has 6 nitrogen and oxygen atoms in total. The second kappa shape index (κ2) is 10.8. The molecule has 0 fully saturated rings. The van der Waals surface area contributed by atoms with E-state index >= 15 is 0 Å². The monoisotopic (exact) mass is 590 g/mol. The van der Waals surface area contributed by atoms with Gasteiger partial charge in [0.1, 0.15) is 5.75 Å². The van der Waals surface area contributed by atoms with Crippen molar-refractivity contribution in [2.75, 3.05) is 5.32 Å². The van der Waals surface area contributed by atoms with Crippen LogP contribution < -0.4 is 15.6 Å². The zero-order valence-electron chi connectivity index (χ0n) is 25.1. The summed E-state index contributed by atoms with van der Waals surface area (Å²) in [5, 5.41) is 3.87. The van der Waals surface area contributed by atoms with Gasteiger partial charge >= 0.3 is 0 Å². The number of carbonyl (C=O) groups excluding carboxylic acids is 2. The first-order valence-electron chi connectivity index (χ1n) is 14.8. The Hall–Kier alpha value is -5.75. The molecule has 0 spiro atoms. The van der Waals surface area contributed by atoms with E-state index in [-0.39, 0.29) is 16.8 Å². The van der Waals surface area contributed by atoms with Crippen molar-refractivity contribution < 1.29 is 14.3 Å². The van der Waals surface area contributed by atoms with Crippen LogP contribution in [0.5, 0.6) is 11.5 Å². The van der Waals surface area contributed by atoms with Crippen molar-refractivity contribution in [3.05, 3.63) is 153 Å². The van der Waals surface area contributed by atoms with Gasteiger partial charge in [0, 0.05) is 33.8 Å². The molecule has 0 atom stereocenters. The molecule has 2 N–H and O–H groups in total. The van der Waals surface area contributed by atoms with E-state index in [2.05, 4.69) is 31.1 Å². The maximum Gasteiger partial charge on any atom is 0.260 e. The van der Waals surface area contributed by atoms with E-state index in [4.69, 9.17) is 4.74 Å². The third-order valence-electron chi connectivity index (χ3n) is 8.19. The Labute approximate surface area is 260 Å². The molecular weight excluding hydrogens is 560 g/mol. The van der Waals surface area contributed by atoms with Gasteiger partial charge in [0.15, 0.2) is 17.3 Å². The van der Waals surface area contributed by atoms with Gasteiger partial charge in [-0.15, -0.1) is 0 Å². The number of hydrogen-bond donors (Lipinski definition) is 2. The van der Waals surface area contributed by atoms with E-state index in [1.54, 1.807) is 54.6 Å². The number of nitrogens with one attached hydrogen (secondary N) is 2. The lowest BCUT2D eigenvalue weighted by molar-refractivity contribution is 0.102. The molecule has 0 unspecified atom stereocenters. The summed E-state index contributed by atoms with van der Waals surface area (Å²) in [5.74, 6) is 0.275. The number of aromatic amines is 1. The summed E-state index contributed by atoms with van der Waals surface area (Å²) in [4.78, 5) is 45.2. The third kappa shape index (κ3) is 4.90. The fraction of sp³-hybridized carbons (Fsp3) is 0.103. The highest BCUT2D eigenvalue weighted by Gasteiger charge is 2.34. The van der Waals surface area contributed by atoms with Gasteiger partial charge < -0.3 is 15.0 Å². The fourth-order valence-corrected chi connectivity index (χ4v) is 5.94. The maximum atomic E-state index is 14.3. The van der Waals surface area contributed by atoms with Gasteiger partial charge in [0.05, 0.1) is 22.3 Å². The molecular formula is C39H30N2O4. The number of hydrogen-bond acceptors (Lipinski definition) is 5. The average molecular weight is 591 g/mol. The van der Waals surface area contributed by atoms with E-state index in [0.29, 0.717) is 55.9 Å². The second-order valence-electron chi connectivity index (χ2n) is 12.2. The van der Waals surface area contributed by atoms with Gasteiger partial charge in [-0.2, -0.15) is 0 Å². The van der Waals surface area contributed by atoms with Crippen LogP contribution in [-0.2, 0) is 5.41 Å². The number of rotatable bonds is 6. The van der Waals surface area contributed by atoms with Crippen LogP contribution in [0.2, 0.25) is 0 Å². The lowest BCUT2D eigenvalue weighted by atomic mass is 9.80. The predicted molar refractivity (Wildman–Crippen MR) is 178 cm³/mol. The minimum absolute atomic E-state index is 0.0211. The lowest BCUT2D eigenvalue weighted by Crippen LogP contribution is -2.24. The first-order chi connectivity index (χ1) is 21.7. The molecule has 6 heteroatoms. The standard InChI is InChI=1S/C39H30N2O4/c1-39(2,3)24-18-20-26(21-19-24)45-30-22-29(40-25-14-8-5-9-15-25)32-33-31(27-16-10-11-17-28(27)37(32)43)34(38(44)41-35(30)33)36(42)23-12-6-4-7-13-23/h4-22,40H,1-3H3,(H,41,44). The van der Waals surface area contributed by atoms with Crippen LogP contribution in [0, 0.1) is 0 Å². The second-order valence-corrected chi connectivity index (χ2v) is 12.2. The molecule has 0 aliphatic heterocycles. The number of ketones is 2. The largest absolute Gasteiger partial charge is 0.455 e. The SMILES string of the molecule is CC(C)(C)c1ccc(Oc2cc(Nc3ccccc3)c3c4c(c(C(=O)c5ccccc5)c(=O)[nH]c24)-c2ccccc2C3=O)cc1. The van der Waals surface area contributed by atoms with Crippen molar-refractivity contribution in [3.8, 4) is 22.6 Å². The minimum atomic E-state index is -0.557. The third-order valence-corrected chi connectivity index (χ3v) is 8.19. The number of para-hydroxylation sites is 1. The minimum Gasteiger partial charge on any atom is -0.455 e. The molecule has 1 aliphatic rings. The van der Waals surface area contributed by atoms with E-state index in [9.17, 15) is 14.4 Å². The molecule has 0 bridgehead atoms. The molecule has 7 rings (SSSR count). The van der Waals surface area contributed by atoms with Gasteiger partial charge in [-0.3, -0.25) is 14.4 Å². The molecule has 1 heterocycles. The summed E-state index contributed by atoms with van der Waals surface area (Å²) in [6, 6.07) is 34.9. The number of ether oxygens (including phenoxy) is 1. The molecule has 220 valence electrons. The Morgan fingerprint density at radius 2 is 1.36 bits per heavy atom. The highest BCUT2D eigenvalue weighted by atomic mass is 16.5. The lowest BCUT2D eigenvalue weighted by Gasteiger charge is -2.25. The van der Waals surface area contributed by atoms with Crippen molar-refractivity contribution in [3.63, 3.8) is 0 Å². The highest BCUT2D eigenvalue weighted by molar-refractivity contribution is 6.31. The van der Waals surface area contributed by atoms with Crippen LogP contribution in [-0.4, -0.2) is 16.6 Å². The number of fused-ring (bicyclic) bond motifs is 2. The summed E-state index contributed by atoms with van der Waals surface area (Å²) < 4.78 is 6.47. The summed E-state index contributed by atoms with van der Waals surface area (Å²) in [7, 11) is 0. The van der Waals surface area contributed by atoms with Gasteiger partial charge in [0.25, 0.3) is 5.56 Å². The molecule has 0 radical (unpaired) electrons. The Morgan fingerprint density at radius 1 is 0.733 bits per heavy atom. The Balaban J connectivity index is 1.54. The Kier molecular flexibility index (Phi) is 6.70. The molecule has 6 aromatic rings. The molecule has 5 aromatic carbocycles. The van der Waals surface area contributed by atoms with E-state index < -0.39 is 11.3 Å². The number of H-pyrrole nitrogens is 1. The number of carbonyl (C=O) groups is 2. The molecule has 1 aliphatic carbocycles. The fourth-order valence-electron chi connectivity index (χ4n) is 5.94. The summed E-state index contributed by atoms with van der Waals surface area (Å²) in [5.41, 5.74) is 4.25. The van der Waals surface area contributed by atoms with E-state index in [1.165, 1.54) is 0 Å². The Morgan fingerprint density at radius 3 is 2.02 bits per heavy atom. The quantitative estimate of drug-likeness (QED) is 0.189. The predicted octanol–water partition coefficient (Wildman–Crippen LogP) is 8.80. The molecule has 1 aromatic heterocycles.